The normalized spacial score (nSPS) is 20.0. The Morgan fingerprint density at radius 1 is 1.30 bits per heavy atom. The van der Waals surface area contributed by atoms with Gasteiger partial charge in [0.05, 0.1) is 10.9 Å². The number of hydrogen-bond acceptors (Lipinski definition) is 5. The molecule has 1 saturated carbocycles. The lowest BCUT2D eigenvalue weighted by Gasteiger charge is -2.18. The van der Waals surface area contributed by atoms with Crippen molar-refractivity contribution in [1.82, 2.24) is 14.9 Å². The van der Waals surface area contributed by atoms with E-state index in [2.05, 4.69) is 22.2 Å². The van der Waals surface area contributed by atoms with Crippen molar-refractivity contribution in [3.8, 4) is 0 Å². The molecule has 1 amide bonds. The first-order chi connectivity index (χ1) is 14.4. The molecule has 30 heavy (non-hydrogen) atoms. The molecule has 0 radical (unpaired) electrons. The minimum absolute atomic E-state index is 0.0284. The summed E-state index contributed by atoms with van der Waals surface area (Å²) in [4.78, 5) is 24.0. The highest BCUT2D eigenvalue weighted by molar-refractivity contribution is 6.10. The van der Waals surface area contributed by atoms with E-state index in [-0.39, 0.29) is 17.3 Å². The second-order valence-electron chi connectivity index (χ2n) is 8.86. The summed E-state index contributed by atoms with van der Waals surface area (Å²) in [5, 5.41) is 4.14. The number of likely N-dealkylation sites (tertiary alicyclic amines) is 1. The molecule has 1 aliphatic carbocycles. The molecular formula is C23H25FN4O2. The van der Waals surface area contributed by atoms with Crippen LogP contribution in [0.1, 0.15) is 47.9 Å². The van der Waals surface area contributed by atoms with E-state index < -0.39 is 0 Å². The fourth-order valence-electron chi connectivity index (χ4n) is 4.29. The number of nitrogens with zero attached hydrogens (tertiary/aromatic N) is 3. The Hall–Kier alpha value is -2.96. The third-order valence-corrected chi connectivity index (χ3v) is 6.31. The molecule has 156 valence electrons. The summed E-state index contributed by atoms with van der Waals surface area (Å²) >= 11 is 0. The summed E-state index contributed by atoms with van der Waals surface area (Å²) in [7, 11) is 0. The van der Waals surface area contributed by atoms with E-state index in [0.29, 0.717) is 47.2 Å². The molecule has 1 N–H and O–H groups in total. The number of anilines is 1. The van der Waals surface area contributed by atoms with Crippen LogP contribution in [-0.4, -0.2) is 39.4 Å². The van der Waals surface area contributed by atoms with Crippen LogP contribution in [0.2, 0.25) is 0 Å². The van der Waals surface area contributed by atoms with Crippen molar-refractivity contribution in [1.29, 1.82) is 0 Å². The molecule has 1 atom stereocenters. The molecule has 2 aliphatic rings. The highest BCUT2D eigenvalue weighted by atomic mass is 19.1. The van der Waals surface area contributed by atoms with Gasteiger partial charge in [-0.2, -0.15) is 0 Å². The standard InChI is InChI=1S/C23H25FN4O2/c1-14-18(19-20(27-23(2)8-9-23)25-13-26-21(19)30-14)22(29)28-10-7-16(12-28)11-15-3-5-17(24)6-4-15/h3-6,13,16H,7-12H2,1-2H3,(H,25,26,27). The molecule has 1 unspecified atom stereocenters. The van der Waals surface area contributed by atoms with Crippen LogP contribution in [-0.2, 0) is 6.42 Å². The predicted octanol–water partition coefficient (Wildman–Crippen LogP) is 4.34. The Labute approximate surface area is 174 Å². The largest absolute Gasteiger partial charge is 0.442 e. The van der Waals surface area contributed by atoms with E-state index in [1.807, 2.05) is 24.0 Å². The quantitative estimate of drug-likeness (QED) is 0.680. The van der Waals surface area contributed by atoms with Gasteiger partial charge in [-0.1, -0.05) is 12.1 Å². The molecular weight excluding hydrogens is 383 g/mol. The fraction of sp³-hybridized carbons (Fsp3) is 0.435. The number of aromatic nitrogens is 2. The number of benzene rings is 1. The van der Waals surface area contributed by atoms with Crippen molar-refractivity contribution in [3.05, 3.63) is 53.3 Å². The molecule has 0 bridgehead atoms. The van der Waals surface area contributed by atoms with Gasteiger partial charge in [0.25, 0.3) is 5.91 Å². The highest BCUT2D eigenvalue weighted by Crippen LogP contribution is 2.40. The molecule has 5 rings (SSSR count). The lowest BCUT2D eigenvalue weighted by Crippen LogP contribution is -2.29. The Morgan fingerprint density at radius 3 is 2.80 bits per heavy atom. The average molecular weight is 408 g/mol. The van der Waals surface area contributed by atoms with Crippen LogP contribution in [0.25, 0.3) is 11.1 Å². The van der Waals surface area contributed by atoms with Crippen LogP contribution in [0.4, 0.5) is 10.2 Å². The van der Waals surface area contributed by atoms with Crippen LogP contribution < -0.4 is 5.32 Å². The second kappa shape index (κ2) is 7.07. The first kappa shape index (κ1) is 19.0. The average Bonchev–Trinajstić information content (AvgIpc) is 3.12. The van der Waals surface area contributed by atoms with Crippen LogP contribution in [0.3, 0.4) is 0 Å². The number of carbonyl (C=O) groups is 1. The SMILES string of the molecule is Cc1oc2ncnc(NC3(C)CC3)c2c1C(=O)N1CCC(Cc2ccc(F)cc2)C1. The summed E-state index contributed by atoms with van der Waals surface area (Å²) < 4.78 is 19.0. The molecule has 1 aromatic carbocycles. The van der Waals surface area contributed by atoms with Gasteiger partial charge in [-0.15, -0.1) is 0 Å². The van der Waals surface area contributed by atoms with Crippen molar-refractivity contribution in [2.45, 2.75) is 45.1 Å². The maximum absolute atomic E-state index is 13.5. The number of amides is 1. The van der Waals surface area contributed by atoms with Crippen molar-refractivity contribution in [3.63, 3.8) is 0 Å². The van der Waals surface area contributed by atoms with E-state index in [1.54, 1.807) is 0 Å². The number of carbonyl (C=O) groups excluding carboxylic acids is 1. The molecule has 2 aromatic heterocycles. The lowest BCUT2D eigenvalue weighted by atomic mass is 9.99. The number of rotatable bonds is 5. The maximum Gasteiger partial charge on any atom is 0.258 e. The number of aryl methyl sites for hydroxylation is 1. The van der Waals surface area contributed by atoms with E-state index in [9.17, 15) is 9.18 Å². The van der Waals surface area contributed by atoms with E-state index in [0.717, 1.165) is 31.2 Å². The van der Waals surface area contributed by atoms with Gasteiger partial charge in [-0.3, -0.25) is 4.79 Å². The Bertz CT molecular complexity index is 1100. The van der Waals surface area contributed by atoms with Crippen molar-refractivity contribution in [2.24, 2.45) is 5.92 Å². The number of fused-ring (bicyclic) bond motifs is 1. The second-order valence-corrected chi connectivity index (χ2v) is 8.86. The summed E-state index contributed by atoms with van der Waals surface area (Å²) in [5.74, 6) is 1.34. The Kier molecular flexibility index (Phi) is 4.49. The maximum atomic E-state index is 13.5. The third-order valence-electron chi connectivity index (χ3n) is 6.31. The van der Waals surface area contributed by atoms with Crippen molar-refractivity contribution < 1.29 is 13.6 Å². The smallest absolute Gasteiger partial charge is 0.258 e. The van der Waals surface area contributed by atoms with Gasteiger partial charge in [0.2, 0.25) is 5.71 Å². The minimum atomic E-state index is -0.226. The van der Waals surface area contributed by atoms with Crippen molar-refractivity contribution >= 4 is 22.8 Å². The van der Waals surface area contributed by atoms with Crippen LogP contribution in [0.15, 0.2) is 35.0 Å². The summed E-state index contributed by atoms with van der Waals surface area (Å²) in [6, 6.07) is 6.62. The Morgan fingerprint density at radius 2 is 2.07 bits per heavy atom. The zero-order valence-corrected chi connectivity index (χ0v) is 17.2. The van der Waals surface area contributed by atoms with Crippen molar-refractivity contribution in [2.75, 3.05) is 18.4 Å². The predicted molar refractivity (Wildman–Crippen MR) is 112 cm³/mol. The molecule has 1 saturated heterocycles. The Balaban J connectivity index is 1.38. The molecule has 3 heterocycles. The van der Waals surface area contributed by atoms with Gasteiger partial charge in [0, 0.05) is 18.6 Å². The van der Waals surface area contributed by atoms with Gasteiger partial charge < -0.3 is 14.6 Å². The minimum Gasteiger partial charge on any atom is -0.442 e. The van der Waals surface area contributed by atoms with Crippen LogP contribution in [0, 0.1) is 18.7 Å². The molecule has 2 fully saturated rings. The van der Waals surface area contributed by atoms with Crippen LogP contribution >= 0.6 is 0 Å². The zero-order chi connectivity index (χ0) is 20.9. The zero-order valence-electron chi connectivity index (χ0n) is 17.2. The fourth-order valence-corrected chi connectivity index (χ4v) is 4.29. The number of hydrogen-bond donors (Lipinski definition) is 1. The van der Waals surface area contributed by atoms with Gasteiger partial charge >= 0.3 is 0 Å². The lowest BCUT2D eigenvalue weighted by molar-refractivity contribution is 0.0787. The molecule has 0 spiro atoms. The molecule has 1 aliphatic heterocycles. The number of furan rings is 1. The number of nitrogens with one attached hydrogen (secondary N) is 1. The summed E-state index contributed by atoms with van der Waals surface area (Å²) in [5.41, 5.74) is 2.12. The monoisotopic (exact) mass is 408 g/mol. The van der Waals surface area contributed by atoms with E-state index in [1.165, 1.54) is 18.5 Å². The summed E-state index contributed by atoms with van der Waals surface area (Å²) in [6.45, 7) is 5.33. The molecule has 7 heteroatoms. The number of halogens is 1. The van der Waals surface area contributed by atoms with Gasteiger partial charge in [-0.25, -0.2) is 14.4 Å². The molecule has 6 nitrogen and oxygen atoms in total. The third kappa shape index (κ3) is 3.53. The van der Waals surface area contributed by atoms with Gasteiger partial charge in [0.15, 0.2) is 0 Å². The van der Waals surface area contributed by atoms with E-state index >= 15 is 0 Å². The summed E-state index contributed by atoms with van der Waals surface area (Å²) in [6.07, 6.45) is 5.40. The highest BCUT2D eigenvalue weighted by Gasteiger charge is 2.39. The van der Waals surface area contributed by atoms with Crippen LogP contribution in [0.5, 0.6) is 0 Å². The molecule has 3 aromatic rings. The van der Waals surface area contributed by atoms with E-state index in [4.69, 9.17) is 4.42 Å². The van der Waals surface area contributed by atoms with Gasteiger partial charge in [-0.05, 0) is 63.1 Å². The first-order valence-electron chi connectivity index (χ1n) is 10.5. The van der Waals surface area contributed by atoms with Gasteiger partial charge in [0.1, 0.15) is 23.7 Å². The first-order valence-corrected chi connectivity index (χ1v) is 10.5. The topological polar surface area (TPSA) is 71.3 Å².